The predicted molar refractivity (Wildman–Crippen MR) is 132 cm³/mol. The average molecular weight is 444 g/mol. The molecule has 0 aromatic heterocycles. The fourth-order valence-corrected chi connectivity index (χ4v) is 9.39. The molecule has 1 amide bonds. The Bertz CT molecular complexity index is 664. The Kier molecular flexibility index (Phi) is 7.36. The number of hydrogen-bond donors (Lipinski definition) is 2. The molecule has 0 aliphatic heterocycles. The topological polar surface area (TPSA) is 49.3 Å². The lowest BCUT2D eigenvalue weighted by Crippen LogP contribution is -2.54. The van der Waals surface area contributed by atoms with Crippen LogP contribution in [-0.4, -0.2) is 23.2 Å². The maximum atomic E-state index is 12.4. The minimum absolute atomic E-state index is 0.00338. The molecule has 4 fully saturated rings. The van der Waals surface area contributed by atoms with Crippen LogP contribution in [0, 0.1) is 60.2 Å². The maximum Gasteiger partial charge on any atom is 0.220 e. The van der Waals surface area contributed by atoms with Crippen LogP contribution in [0.4, 0.5) is 0 Å². The molecule has 4 rings (SSSR count). The van der Waals surface area contributed by atoms with Gasteiger partial charge >= 0.3 is 0 Å². The van der Waals surface area contributed by atoms with Crippen molar-refractivity contribution in [3.63, 3.8) is 0 Å². The Balaban J connectivity index is 1.38. The molecule has 182 valence electrons. The first-order valence-electron chi connectivity index (χ1n) is 13.8. The van der Waals surface area contributed by atoms with E-state index in [0.29, 0.717) is 23.2 Å². The van der Waals surface area contributed by atoms with Crippen LogP contribution in [0.25, 0.3) is 0 Å². The summed E-state index contributed by atoms with van der Waals surface area (Å²) in [5.41, 5.74) is 0.918. The van der Waals surface area contributed by atoms with Gasteiger partial charge in [-0.1, -0.05) is 34.1 Å². The Morgan fingerprint density at radius 3 is 2.50 bits per heavy atom. The van der Waals surface area contributed by atoms with Gasteiger partial charge < -0.3 is 10.4 Å². The summed E-state index contributed by atoms with van der Waals surface area (Å²) in [7, 11) is 0. The van der Waals surface area contributed by atoms with Crippen molar-refractivity contribution >= 4 is 5.91 Å². The van der Waals surface area contributed by atoms with Gasteiger partial charge in [0.05, 0.1) is 6.10 Å². The molecule has 0 bridgehead atoms. The van der Waals surface area contributed by atoms with Crippen molar-refractivity contribution in [3.8, 4) is 0 Å². The van der Waals surface area contributed by atoms with Crippen LogP contribution in [0.1, 0.15) is 104 Å². The van der Waals surface area contributed by atoms with Gasteiger partial charge in [0.15, 0.2) is 0 Å². The zero-order valence-corrected chi connectivity index (χ0v) is 21.1. The smallest absolute Gasteiger partial charge is 0.220 e. The van der Waals surface area contributed by atoms with Gasteiger partial charge in [0.25, 0.3) is 0 Å². The highest BCUT2D eigenvalue weighted by molar-refractivity contribution is 5.76. The first-order chi connectivity index (χ1) is 15.2. The highest BCUT2D eigenvalue weighted by Crippen LogP contribution is 2.68. The minimum Gasteiger partial charge on any atom is -0.393 e. The zero-order chi connectivity index (χ0) is 23.1. The predicted octanol–water partition coefficient (Wildman–Crippen LogP) is 6.36. The summed E-state index contributed by atoms with van der Waals surface area (Å²) < 4.78 is 0. The van der Waals surface area contributed by atoms with E-state index in [1.807, 2.05) is 0 Å². The molecule has 2 N–H and O–H groups in total. The van der Waals surface area contributed by atoms with Gasteiger partial charge in [-0.05, 0) is 124 Å². The summed E-state index contributed by atoms with van der Waals surface area (Å²) in [6.07, 6.45) is 14.8. The molecule has 4 saturated carbocycles. The lowest BCUT2D eigenvalue weighted by molar-refractivity contribution is -0.130. The van der Waals surface area contributed by atoms with E-state index in [-0.39, 0.29) is 18.1 Å². The third-order valence-electron chi connectivity index (χ3n) is 11.1. The zero-order valence-electron chi connectivity index (χ0n) is 21.1. The average Bonchev–Trinajstić information content (AvgIpc) is 3.10. The third kappa shape index (κ3) is 4.41. The van der Waals surface area contributed by atoms with Crippen LogP contribution in [0.3, 0.4) is 0 Å². The molecule has 32 heavy (non-hydrogen) atoms. The monoisotopic (exact) mass is 443 g/mol. The lowest BCUT2D eigenvalue weighted by Gasteiger charge is -2.61. The second kappa shape index (κ2) is 9.59. The standard InChI is InChI=1S/C29H49NO2/c1-6-7-20(3)30-27(32)13-8-19(2)24-11-12-25-23-10-9-21-18-22(31)14-16-28(21,4)26(23)15-17-29(24,25)5/h19-26,31H,1,3,6-18H2,2,4-5H3,(H,30,32)/t19-,20?,21-,22-,23+,24-,25+,26+,28+,29-/m1/s1. The third-order valence-corrected chi connectivity index (χ3v) is 11.1. The molecule has 0 saturated heterocycles. The second-order valence-electron chi connectivity index (χ2n) is 12.7. The first kappa shape index (κ1) is 24.6. The molecule has 0 aromatic rings. The van der Waals surface area contributed by atoms with Crippen molar-refractivity contribution in [2.75, 3.05) is 0 Å². The van der Waals surface area contributed by atoms with Crippen LogP contribution in [0.2, 0.25) is 0 Å². The summed E-state index contributed by atoms with van der Waals surface area (Å²) in [4.78, 5) is 12.4. The molecule has 4 aliphatic rings. The van der Waals surface area contributed by atoms with Gasteiger partial charge in [-0.3, -0.25) is 4.79 Å². The normalized spacial score (nSPS) is 45.3. The van der Waals surface area contributed by atoms with Gasteiger partial charge in [0.1, 0.15) is 0 Å². The minimum atomic E-state index is -0.0511. The van der Waals surface area contributed by atoms with Crippen molar-refractivity contribution in [1.82, 2.24) is 5.32 Å². The highest BCUT2D eigenvalue weighted by Gasteiger charge is 2.60. The molecule has 0 spiro atoms. The summed E-state index contributed by atoms with van der Waals surface area (Å²) in [5.74, 6) is 4.91. The van der Waals surface area contributed by atoms with Gasteiger partial charge in [0.2, 0.25) is 5.91 Å². The second-order valence-corrected chi connectivity index (χ2v) is 12.7. The lowest BCUT2D eigenvalue weighted by atomic mass is 9.44. The number of fused-ring (bicyclic) bond motifs is 5. The van der Waals surface area contributed by atoms with E-state index in [9.17, 15) is 9.90 Å². The number of hydrogen-bond acceptors (Lipinski definition) is 2. The van der Waals surface area contributed by atoms with E-state index in [1.165, 1.54) is 44.9 Å². The van der Waals surface area contributed by atoms with Gasteiger partial charge in [-0.2, -0.15) is 0 Å². The molecular weight excluding hydrogens is 394 g/mol. The largest absolute Gasteiger partial charge is 0.393 e. The number of aliphatic hydroxyl groups excluding tert-OH is 1. The number of amides is 1. The summed E-state index contributed by atoms with van der Waals surface area (Å²) >= 11 is 0. The van der Waals surface area contributed by atoms with E-state index in [2.05, 4.69) is 39.9 Å². The van der Waals surface area contributed by atoms with Gasteiger partial charge in [0, 0.05) is 12.5 Å². The van der Waals surface area contributed by atoms with Crippen molar-refractivity contribution in [2.45, 2.75) is 116 Å². The highest BCUT2D eigenvalue weighted by atomic mass is 16.3. The molecule has 0 aromatic carbocycles. The molecule has 1 unspecified atom stereocenters. The van der Waals surface area contributed by atoms with E-state index >= 15 is 0 Å². The summed E-state index contributed by atoms with van der Waals surface area (Å²) in [6.45, 7) is 15.5. The first-order valence-corrected chi connectivity index (χ1v) is 13.8. The molecule has 3 nitrogen and oxygen atoms in total. The maximum absolute atomic E-state index is 12.4. The van der Waals surface area contributed by atoms with E-state index < -0.39 is 0 Å². The van der Waals surface area contributed by atoms with E-state index in [4.69, 9.17) is 0 Å². The fraction of sp³-hybridized carbons (Fsp3) is 0.897. The van der Waals surface area contributed by atoms with Crippen LogP contribution in [0.5, 0.6) is 0 Å². The molecule has 3 heteroatoms. The summed E-state index contributed by atoms with van der Waals surface area (Å²) in [5, 5.41) is 13.3. The van der Waals surface area contributed by atoms with Crippen LogP contribution in [0.15, 0.2) is 0 Å². The van der Waals surface area contributed by atoms with Crippen LogP contribution >= 0.6 is 0 Å². The SMILES string of the molecule is [CH2]CCC([CH2])NC(=O)CC[C@@H](C)[C@H]1CC[C@H]2[C@@H]3CC[C@@H]4C[C@H](O)CC[C@]4(C)[C@H]3CC[C@]12C. The van der Waals surface area contributed by atoms with Crippen LogP contribution in [-0.2, 0) is 4.79 Å². The van der Waals surface area contributed by atoms with E-state index in [1.54, 1.807) is 0 Å². The molecule has 10 atom stereocenters. The number of nitrogens with one attached hydrogen (secondary N) is 1. The number of aliphatic hydroxyl groups is 1. The molecule has 0 heterocycles. The number of carbonyl (C=O) groups is 1. The molecule has 2 radical (unpaired) electrons. The van der Waals surface area contributed by atoms with E-state index in [0.717, 1.165) is 61.7 Å². The van der Waals surface area contributed by atoms with Crippen molar-refractivity contribution in [1.29, 1.82) is 0 Å². The Hall–Kier alpha value is -0.570. The number of rotatable bonds is 7. The Morgan fingerprint density at radius 2 is 1.75 bits per heavy atom. The Morgan fingerprint density at radius 1 is 1.03 bits per heavy atom. The molecular formula is C29H49NO2. The van der Waals surface area contributed by atoms with Gasteiger partial charge in [-0.15, -0.1) is 0 Å². The van der Waals surface area contributed by atoms with Crippen molar-refractivity contribution in [2.24, 2.45) is 46.3 Å². The number of carbonyl (C=O) groups excluding carboxylic acids is 1. The quantitative estimate of drug-likeness (QED) is 0.481. The van der Waals surface area contributed by atoms with Gasteiger partial charge in [-0.25, -0.2) is 0 Å². The Labute approximate surface area is 197 Å². The summed E-state index contributed by atoms with van der Waals surface area (Å²) in [6, 6.07) is -0.00338. The van der Waals surface area contributed by atoms with Crippen molar-refractivity contribution < 1.29 is 9.90 Å². The van der Waals surface area contributed by atoms with Crippen molar-refractivity contribution in [3.05, 3.63) is 13.8 Å². The fourth-order valence-electron chi connectivity index (χ4n) is 9.39. The molecule has 4 aliphatic carbocycles. The van der Waals surface area contributed by atoms with Crippen LogP contribution < -0.4 is 5.32 Å².